The van der Waals surface area contributed by atoms with Crippen molar-refractivity contribution in [1.82, 2.24) is 10.2 Å². The number of likely N-dealkylation sites (tertiary alicyclic amines) is 1. The van der Waals surface area contributed by atoms with Gasteiger partial charge < -0.3 is 10.6 Å². The van der Waals surface area contributed by atoms with E-state index in [4.69, 9.17) is 0 Å². The molecule has 2 N–H and O–H groups in total. The molecule has 2 saturated heterocycles. The lowest BCUT2D eigenvalue weighted by Gasteiger charge is -2.35. The lowest BCUT2D eigenvalue weighted by Crippen LogP contribution is -2.44. The zero-order chi connectivity index (χ0) is 16.1. The van der Waals surface area contributed by atoms with Gasteiger partial charge in [-0.25, -0.2) is 9.18 Å². The molecule has 0 unspecified atom stereocenters. The Labute approximate surface area is 141 Å². The van der Waals surface area contributed by atoms with Crippen molar-refractivity contribution in [2.45, 2.75) is 25.3 Å². The number of benzene rings is 1. The first-order valence-corrected chi connectivity index (χ1v) is 9.49. The smallest absolute Gasteiger partial charge is 0.319 e. The van der Waals surface area contributed by atoms with E-state index >= 15 is 0 Å². The van der Waals surface area contributed by atoms with Gasteiger partial charge >= 0.3 is 6.03 Å². The standard InChI is InChI=1S/C17H24FN3OS/c18-15-3-1-2-4-16(15)20-17(22)19-11-13-5-8-21(9-6-13)14-7-10-23-12-14/h1-4,13-14H,5-12H2,(H2,19,20,22)/t14-/m1/s1. The molecular weight excluding hydrogens is 313 g/mol. The number of nitrogens with one attached hydrogen (secondary N) is 2. The summed E-state index contributed by atoms with van der Waals surface area (Å²) in [5.74, 6) is 2.67. The lowest BCUT2D eigenvalue weighted by molar-refractivity contribution is 0.143. The topological polar surface area (TPSA) is 44.4 Å². The van der Waals surface area contributed by atoms with E-state index in [1.54, 1.807) is 18.2 Å². The fraction of sp³-hybridized carbons (Fsp3) is 0.588. The molecule has 1 aromatic carbocycles. The Bertz CT molecular complexity index is 528. The first-order chi connectivity index (χ1) is 11.2. The second-order valence-electron chi connectivity index (χ2n) is 6.31. The molecule has 0 spiro atoms. The van der Waals surface area contributed by atoms with Crippen LogP contribution >= 0.6 is 11.8 Å². The molecule has 3 rings (SSSR count). The van der Waals surface area contributed by atoms with Crippen LogP contribution in [0.25, 0.3) is 0 Å². The minimum atomic E-state index is -0.412. The van der Waals surface area contributed by atoms with Crippen LogP contribution in [-0.4, -0.2) is 48.1 Å². The van der Waals surface area contributed by atoms with Crippen LogP contribution in [0.1, 0.15) is 19.3 Å². The van der Waals surface area contributed by atoms with E-state index in [1.807, 2.05) is 0 Å². The summed E-state index contributed by atoms with van der Waals surface area (Å²) in [6.45, 7) is 2.92. The molecule has 126 valence electrons. The Kier molecular flexibility index (Phi) is 5.78. The van der Waals surface area contributed by atoms with Gasteiger partial charge in [-0.15, -0.1) is 0 Å². The van der Waals surface area contributed by atoms with Crippen molar-refractivity contribution < 1.29 is 9.18 Å². The maximum absolute atomic E-state index is 13.5. The van der Waals surface area contributed by atoms with Crippen LogP contribution < -0.4 is 10.6 Å². The fourth-order valence-corrected chi connectivity index (χ4v) is 4.55. The van der Waals surface area contributed by atoms with E-state index in [9.17, 15) is 9.18 Å². The number of amides is 2. The number of urea groups is 1. The average molecular weight is 337 g/mol. The molecule has 1 aromatic rings. The van der Waals surface area contributed by atoms with Crippen LogP contribution in [0.5, 0.6) is 0 Å². The molecule has 0 aliphatic carbocycles. The van der Waals surface area contributed by atoms with Gasteiger partial charge in [0, 0.05) is 18.3 Å². The normalized spacial score (nSPS) is 22.9. The summed E-state index contributed by atoms with van der Waals surface area (Å²) in [6, 6.07) is 6.65. The van der Waals surface area contributed by atoms with Gasteiger partial charge in [-0.3, -0.25) is 4.90 Å². The lowest BCUT2D eigenvalue weighted by atomic mass is 9.95. The first kappa shape index (κ1) is 16.6. The number of hydrogen-bond acceptors (Lipinski definition) is 3. The number of hydrogen-bond donors (Lipinski definition) is 2. The van der Waals surface area contributed by atoms with Crippen LogP contribution in [0.3, 0.4) is 0 Å². The van der Waals surface area contributed by atoms with Crippen LogP contribution in [0.2, 0.25) is 0 Å². The Morgan fingerprint density at radius 2 is 2.04 bits per heavy atom. The zero-order valence-electron chi connectivity index (χ0n) is 13.3. The number of anilines is 1. The summed E-state index contributed by atoms with van der Waals surface area (Å²) in [4.78, 5) is 14.5. The Morgan fingerprint density at radius 1 is 1.26 bits per heavy atom. The Hall–Kier alpha value is -1.27. The molecule has 4 nitrogen and oxygen atoms in total. The van der Waals surface area contributed by atoms with Crippen molar-refractivity contribution in [3.05, 3.63) is 30.1 Å². The summed E-state index contributed by atoms with van der Waals surface area (Å²) < 4.78 is 13.5. The van der Waals surface area contributed by atoms with Crippen molar-refractivity contribution in [2.24, 2.45) is 5.92 Å². The van der Waals surface area contributed by atoms with E-state index in [-0.39, 0.29) is 11.7 Å². The Balaban J connectivity index is 1.38. The van der Waals surface area contributed by atoms with Gasteiger partial charge in [-0.1, -0.05) is 12.1 Å². The predicted molar refractivity (Wildman–Crippen MR) is 93.4 cm³/mol. The predicted octanol–water partition coefficient (Wildman–Crippen LogP) is 3.16. The molecule has 2 amide bonds. The number of carbonyl (C=O) groups excluding carboxylic acids is 1. The van der Waals surface area contributed by atoms with E-state index in [0.29, 0.717) is 12.5 Å². The van der Waals surface area contributed by atoms with Crippen molar-refractivity contribution in [3.8, 4) is 0 Å². The van der Waals surface area contributed by atoms with Crippen molar-refractivity contribution in [3.63, 3.8) is 0 Å². The van der Waals surface area contributed by atoms with Crippen molar-refractivity contribution >= 4 is 23.5 Å². The largest absolute Gasteiger partial charge is 0.338 e. The summed E-state index contributed by atoms with van der Waals surface area (Å²) in [6.07, 6.45) is 3.57. The van der Waals surface area contributed by atoms with Gasteiger partial charge in [-0.2, -0.15) is 11.8 Å². The third kappa shape index (κ3) is 4.61. The maximum Gasteiger partial charge on any atom is 0.319 e. The molecular formula is C17H24FN3OS. The summed E-state index contributed by atoms with van der Waals surface area (Å²) in [5, 5.41) is 5.44. The van der Waals surface area contributed by atoms with E-state index in [2.05, 4.69) is 27.3 Å². The average Bonchev–Trinajstić information content (AvgIpc) is 3.10. The number of rotatable bonds is 4. The SMILES string of the molecule is O=C(NCC1CCN([C@@H]2CCSC2)CC1)Nc1ccccc1F. The van der Waals surface area contributed by atoms with Crippen LogP contribution in [0.4, 0.5) is 14.9 Å². The highest BCUT2D eigenvalue weighted by atomic mass is 32.2. The second kappa shape index (κ2) is 8.02. The highest BCUT2D eigenvalue weighted by Gasteiger charge is 2.27. The minimum Gasteiger partial charge on any atom is -0.338 e. The summed E-state index contributed by atoms with van der Waals surface area (Å²) in [7, 11) is 0. The molecule has 1 atom stereocenters. The zero-order valence-corrected chi connectivity index (χ0v) is 14.1. The van der Waals surface area contributed by atoms with Crippen molar-refractivity contribution in [2.75, 3.05) is 36.5 Å². The van der Waals surface area contributed by atoms with Crippen LogP contribution in [0.15, 0.2) is 24.3 Å². The van der Waals surface area contributed by atoms with Gasteiger partial charge in [0.25, 0.3) is 0 Å². The molecule has 23 heavy (non-hydrogen) atoms. The maximum atomic E-state index is 13.5. The number of thioether (sulfide) groups is 1. The number of carbonyl (C=O) groups is 1. The number of nitrogens with zero attached hydrogens (tertiary/aromatic N) is 1. The van der Waals surface area contributed by atoms with Gasteiger partial charge in [0.1, 0.15) is 5.82 Å². The quantitative estimate of drug-likeness (QED) is 0.887. The number of para-hydroxylation sites is 1. The molecule has 0 saturated carbocycles. The minimum absolute atomic E-state index is 0.221. The highest BCUT2D eigenvalue weighted by molar-refractivity contribution is 7.99. The van der Waals surface area contributed by atoms with Crippen LogP contribution in [0, 0.1) is 11.7 Å². The summed E-state index contributed by atoms with van der Waals surface area (Å²) >= 11 is 2.06. The fourth-order valence-electron chi connectivity index (χ4n) is 3.30. The third-order valence-corrected chi connectivity index (χ3v) is 5.89. The molecule has 2 fully saturated rings. The Morgan fingerprint density at radius 3 is 2.74 bits per heavy atom. The highest BCUT2D eigenvalue weighted by Crippen LogP contribution is 2.26. The van der Waals surface area contributed by atoms with Gasteiger partial charge in [0.05, 0.1) is 5.69 Å². The number of piperidine rings is 1. The first-order valence-electron chi connectivity index (χ1n) is 8.33. The third-order valence-electron chi connectivity index (χ3n) is 4.74. The monoisotopic (exact) mass is 337 g/mol. The molecule has 0 aromatic heterocycles. The molecule has 2 aliphatic heterocycles. The summed E-state index contributed by atoms with van der Waals surface area (Å²) in [5.41, 5.74) is 0.221. The van der Waals surface area contributed by atoms with Gasteiger partial charge in [0.2, 0.25) is 0 Å². The number of halogens is 1. The second-order valence-corrected chi connectivity index (χ2v) is 7.46. The molecule has 6 heteroatoms. The van der Waals surface area contributed by atoms with Crippen molar-refractivity contribution in [1.29, 1.82) is 0 Å². The van der Waals surface area contributed by atoms with Gasteiger partial charge in [0.15, 0.2) is 0 Å². The molecule has 0 radical (unpaired) electrons. The molecule has 2 heterocycles. The molecule has 0 bridgehead atoms. The van der Waals surface area contributed by atoms with E-state index in [1.165, 1.54) is 24.0 Å². The van der Waals surface area contributed by atoms with Crippen LogP contribution in [-0.2, 0) is 0 Å². The van der Waals surface area contributed by atoms with E-state index in [0.717, 1.165) is 32.0 Å². The van der Waals surface area contributed by atoms with Gasteiger partial charge in [-0.05, 0) is 56.2 Å². The van der Waals surface area contributed by atoms with E-state index < -0.39 is 5.82 Å². The molecule has 2 aliphatic rings.